The lowest BCUT2D eigenvalue weighted by Crippen LogP contribution is -2.31. The molecule has 0 aromatic rings. The third-order valence-electron chi connectivity index (χ3n) is 2.79. The molecule has 0 saturated carbocycles. The maximum Gasteiger partial charge on any atom is 0.0687 e. The third kappa shape index (κ3) is 11.0. The molecule has 0 aliphatic carbocycles. The first-order valence-electron chi connectivity index (χ1n) is 8.08. The summed E-state index contributed by atoms with van der Waals surface area (Å²) >= 11 is 10.8. The number of hydrogen-bond donors (Lipinski definition) is 0. The van der Waals surface area contributed by atoms with E-state index < -0.39 is 0 Å². The molecule has 0 heterocycles. The largest absolute Gasteiger partial charge is 0.160 e. The SMILES string of the molecule is CCCSC(C)(CSCC)SC(C)(CSCC)SCCC. The molecule has 0 aromatic carbocycles. The fourth-order valence-electron chi connectivity index (χ4n) is 1.87. The van der Waals surface area contributed by atoms with Gasteiger partial charge in [-0.2, -0.15) is 23.5 Å². The van der Waals surface area contributed by atoms with E-state index in [1.807, 2.05) is 0 Å². The first kappa shape index (κ1) is 22.8. The lowest BCUT2D eigenvalue weighted by molar-refractivity contribution is 0.966. The summed E-state index contributed by atoms with van der Waals surface area (Å²) in [4.78, 5) is 0. The van der Waals surface area contributed by atoms with E-state index in [1.165, 1.54) is 47.4 Å². The predicted octanol–water partition coefficient (Wildman–Crippen LogP) is 6.94. The van der Waals surface area contributed by atoms with Gasteiger partial charge in [0.2, 0.25) is 0 Å². The van der Waals surface area contributed by atoms with Crippen LogP contribution < -0.4 is 0 Å². The molecule has 5 heteroatoms. The minimum atomic E-state index is 0.348. The summed E-state index contributed by atoms with van der Waals surface area (Å²) < 4.78 is 0.695. The molecule has 0 nitrogen and oxygen atoms in total. The van der Waals surface area contributed by atoms with Gasteiger partial charge in [0.15, 0.2) is 0 Å². The van der Waals surface area contributed by atoms with Crippen LogP contribution in [0, 0.1) is 0 Å². The standard InChI is InChI=1S/C16H34S5/c1-7-11-19-15(5,13-17-9-3)21-16(6,14-18-10-4)20-12-8-2/h7-14H2,1-6H3. The molecule has 0 bridgehead atoms. The zero-order chi connectivity index (χ0) is 16.2. The Morgan fingerprint density at radius 1 is 0.667 bits per heavy atom. The second kappa shape index (κ2) is 13.1. The van der Waals surface area contributed by atoms with Crippen LogP contribution in [0.5, 0.6) is 0 Å². The van der Waals surface area contributed by atoms with Crippen LogP contribution in [0.1, 0.15) is 54.4 Å². The molecule has 0 aliphatic heterocycles. The Morgan fingerprint density at radius 2 is 1.05 bits per heavy atom. The summed E-state index contributed by atoms with van der Waals surface area (Å²) in [5.41, 5.74) is 0. The minimum absolute atomic E-state index is 0.348. The molecule has 0 aromatic heterocycles. The highest BCUT2D eigenvalue weighted by Gasteiger charge is 2.36. The smallest absolute Gasteiger partial charge is 0.0687 e. The van der Waals surface area contributed by atoms with Crippen molar-refractivity contribution in [1.82, 2.24) is 0 Å². The van der Waals surface area contributed by atoms with Crippen LogP contribution in [0.2, 0.25) is 0 Å². The molecule has 0 fully saturated rings. The summed E-state index contributed by atoms with van der Waals surface area (Å²) in [6, 6.07) is 0. The van der Waals surface area contributed by atoms with E-state index in [0.29, 0.717) is 8.16 Å². The normalized spacial score (nSPS) is 17.4. The van der Waals surface area contributed by atoms with Crippen molar-refractivity contribution in [2.24, 2.45) is 0 Å². The molecule has 2 unspecified atom stereocenters. The van der Waals surface area contributed by atoms with Crippen molar-refractivity contribution in [1.29, 1.82) is 0 Å². The van der Waals surface area contributed by atoms with Gasteiger partial charge in [-0.3, -0.25) is 0 Å². The van der Waals surface area contributed by atoms with E-state index in [-0.39, 0.29) is 0 Å². The summed E-state index contributed by atoms with van der Waals surface area (Å²) in [6.07, 6.45) is 2.56. The fraction of sp³-hybridized carbons (Fsp3) is 1.00. The molecule has 0 rings (SSSR count). The molecular weight excluding hydrogens is 353 g/mol. The molecule has 0 saturated heterocycles. The summed E-state index contributed by atoms with van der Waals surface area (Å²) in [7, 11) is 0. The van der Waals surface area contributed by atoms with Gasteiger partial charge in [0.25, 0.3) is 0 Å². The van der Waals surface area contributed by atoms with E-state index in [9.17, 15) is 0 Å². The molecule has 0 radical (unpaired) electrons. The number of hydrogen-bond acceptors (Lipinski definition) is 5. The molecule has 0 amide bonds. The maximum absolute atomic E-state index is 2.47. The van der Waals surface area contributed by atoms with Gasteiger partial charge >= 0.3 is 0 Å². The van der Waals surface area contributed by atoms with E-state index in [0.717, 1.165) is 0 Å². The second-order valence-electron chi connectivity index (χ2n) is 5.34. The van der Waals surface area contributed by atoms with Crippen LogP contribution in [0.3, 0.4) is 0 Å². The van der Waals surface area contributed by atoms with Crippen LogP contribution in [0.4, 0.5) is 0 Å². The van der Waals surface area contributed by atoms with Crippen LogP contribution in [-0.4, -0.2) is 42.7 Å². The minimum Gasteiger partial charge on any atom is -0.160 e. The molecule has 0 spiro atoms. The van der Waals surface area contributed by atoms with Crippen molar-refractivity contribution in [3.05, 3.63) is 0 Å². The van der Waals surface area contributed by atoms with Crippen molar-refractivity contribution in [2.75, 3.05) is 34.5 Å². The van der Waals surface area contributed by atoms with Crippen LogP contribution in [0.15, 0.2) is 0 Å². The molecule has 0 N–H and O–H groups in total. The highest BCUT2D eigenvalue weighted by atomic mass is 32.2. The third-order valence-corrected chi connectivity index (χ3v) is 11.0. The molecule has 2 atom stereocenters. The van der Waals surface area contributed by atoms with E-state index in [4.69, 9.17) is 0 Å². The van der Waals surface area contributed by atoms with Crippen molar-refractivity contribution < 1.29 is 0 Å². The van der Waals surface area contributed by atoms with E-state index >= 15 is 0 Å². The lowest BCUT2D eigenvalue weighted by Gasteiger charge is -2.38. The number of thioether (sulfide) groups is 5. The van der Waals surface area contributed by atoms with Crippen molar-refractivity contribution in [2.45, 2.75) is 62.5 Å². The van der Waals surface area contributed by atoms with Crippen LogP contribution >= 0.6 is 58.8 Å². The zero-order valence-electron chi connectivity index (χ0n) is 14.7. The van der Waals surface area contributed by atoms with Crippen molar-refractivity contribution in [3.8, 4) is 0 Å². The fourth-order valence-corrected chi connectivity index (χ4v) is 9.58. The molecule has 0 aliphatic rings. The van der Waals surface area contributed by atoms with Gasteiger partial charge < -0.3 is 0 Å². The highest BCUT2D eigenvalue weighted by Crippen LogP contribution is 2.52. The Hall–Kier alpha value is 1.75. The summed E-state index contributed by atoms with van der Waals surface area (Å²) in [5.74, 6) is 7.54. The van der Waals surface area contributed by atoms with Gasteiger partial charge in [0.05, 0.1) is 8.16 Å². The van der Waals surface area contributed by atoms with E-state index in [2.05, 4.69) is 100 Å². The van der Waals surface area contributed by atoms with Gasteiger partial charge in [-0.05, 0) is 49.7 Å². The first-order chi connectivity index (χ1) is 9.95. The van der Waals surface area contributed by atoms with Gasteiger partial charge in [-0.1, -0.05) is 27.7 Å². The Morgan fingerprint density at radius 3 is 1.33 bits per heavy atom. The topological polar surface area (TPSA) is 0 Å². The predicted molar refractivity (Wildman–Crippen MR) is 116 cm³/mol. The summed E-state index contributed by atoms with van der Waals surface area (Å²) in [6.45, 7) is 14.1. The molecular formula is C16H34S5. The van der Waals surface area contributed by atoms with Crippen molar-refractivity contribution >= 4 is 58.8 Å². The van der Waals surface area contributed by atoms with Gasteiger partial charge in [-0.15, -0.1) is 35.3 Å². The maximum atomic E-state index is 2.47. The molecule has 128 valence electrons. The van der Waals surface area contributed by atoms with Gasteiger partial charge in [-0.25, -0.2) is 0 Å². The molecule has 21 heavy (non-hydrogen) atoms. The quantitative estimate of drug-likeness (QED) is 0.295. The Labute approximate surface area is 155 Å². The van der Waals surface area contributed by atoms with Crippen LogP contribution in [-0.2, 0) is 0 Å². The zero-order valence-corrected chi connectivity index (χ0v) is 18.8. The Kier molecular flexibility index (Phi) is 14.2. The van der Waals surface area contributed by atoms with Gasteiger partial charge in [0.1, 0.15) is 0 Å². The second-order valence-corrected chi connectivity index (χ2v) is 13.6. The monoisotopic (exact) mass is 386 g/mol. The number of rotatable bonds is 14. The van der Waals surface area contributed by atoms with Crippen LogP contribution in [0.25, 0.3) is 0 Å². The lowest BCUT2D eigenvalue weighted by atomic mass is 10.5. The average molecular weight is 387 g/mol. The van der Waals surface area contributed by atoms with Crippen molar-refractivity contribution in [3.63, 3.8) is 0 Å². The summed E-state index contributed by atoms with van der Waals surface area (Å²) in [5, 5.41) is 0. The Balaban J connectivity index is 4.80. The average Bonchev–Trinajstić information content (AvgIpc) is 2.47. The highest BCUT2D eigenvalue weighted by molar-refractivity contribution is 8.27. The Bertz CT molecular complexity index is 205. The van der Waals surface area contributed by atoms with Gasteiger partial charge in [0, 0.05) is 11.5 Å². The first-order valence-corrected chi connectivity index (χ1v) is 13.2. The van der Waals surface area contributed by atoms with E-state index in [1.54, 1.807) is 0 Å².